The molecule has 0 atom stereocenters. The Balaban J connectivity index is 1.88. The van der Waals surface area contributed by atoms with Crippen molar-refractivity contribution >= 4 is 29.2 Å². The second kappa shape index (κ2) is 6.16. The molecular weight excluding hydrogens is 312 g/mol. The molecule has 3 aromatic rings. The van der Waals surface area contributed by atoms with E-state index < -0.39 is 10.8 Å². The molecule has 3 rings (SSSR count). The standard InChI is InChI=1S/C15H12N6O3/c16-14-18-15(17-11-6-2-1-3-7-11)19-20(14)13(22)10-5-4-8-12(9-10)21(23)24/h1-9H,(H3,16,17,18,19). The molecule has 0 saturated carbocycles. The van der Waals surface area contributed by atoms with E-state index in [1.54, 1.807) is 12.1 Å². The summed E-state index contributed by atoms with van der Waals surface area (Å²) in [6, 6.07) is 14.4. The van der Waals surface area contributed by atoms with Crippen LogP contribution in [0.1, 0.15) is 10.4 Å². The number of hydrogen-bond acceptors (Lipinski definition) is 7. The first-order chi connectivity index (χ1) is 11.5. The first-order valence-electron chi connectivity index (χ1n) is 6.88. The Hall–Kier alpha value is -3.75. The van der Waals surface area contributed by atoms with Crippen molar-refractivity contribution in [2.75, 3.05) is 11.1 Å². The number of nitrogens with one attached hydrogen (secondary N) is 1. The molecule has 0 saturated heterocycles. The summed E-state index contributed by atoms with van der Waals surface area (Å²) in [5.74, 6) is -0.577. The number of para-hydroxylation sites is 1. The molecule has 2 aromatic carbocycles. The quantitative estimate of drug-likeness (QED) is 0.556. The van der Waals surface area contributed by atoms with Crippen LogP contribution in [0.25, 0.3) is 0 Å². The zero-order chi connectivity index (χ0) is 17.1. The summed E-state index contributed by atoms with van der Waals surface area (Å²) in [5, 5.41) is 17.7. The van der Waals surface area contributed by atoms with E-state index in [1.165, 1.54) is 18.2 Å². The van der Waals surface area contributed by atoms with Crippen molar-refractivity contribution < 1.29 is 9.72 Å². The van der Waals surface area contributed by atoms with Crippen molar-refractivity contribution in [1.82, 2.24) is 14.8 Å². The predicted molar refractivity (Wildman–Crippen MR) is 87.0 cm³/mol. The SMILES string of the molecule is Nc1nc(Nc2ccccc2)nn1C(=O)c1cccc([N+](=O)[O-])c1. The number of nitrogens with two attached hydrogens (primary N) is 1. The van der Waals surface area contributed by atoms with Crippen molar-refractivity contribution in [2.24, 2.45) is 0 Å². The molecule has 9 nitrogen and oxygen atoms in total. The number of benzene rings is 2. The molecule has 0 aliphatic heterocycles. The van der Waals surface area contributed by atoms with Gasteiger partial charge in [0.2, 0.25) is 11.9 Å². The maximum absolute atomic E-state index is 12.4. The van der Waals surface area contributed by atoms with Crippen LogP contribution in [0.4, 0.5) is 23.3 Å². The maximum atomic E-state index is 12.4. The minimum absolute atomic E-state index is 0.0899. The van der Waals surface area contributed by atoms with Crippen LogP contribution in [0.3, 0.4) is 0 Å². The van der Waals surface area contributed by atoms with Gasteiger partial charge in [-0.15, -0.1) is 5.10 Å². The molecule has 120 valence electrons. The van der Waals surface area contributed by atoms with E-state index in [9.17, 15) is 14.9 Å². The molecule has 24 heavy (non-hydrogen) atoms. The first kappa shape index (κ1) is 15.2. The number of nitrogen functional groups attached to an aromatic ring is 1. The van der Waals surface area contributed by atoms with Crippen molar-refractivity contribution in [3.63, 3.8) is 0 Å². The first-order valence-corrected chi connectivity index (χ1v) is 6.88. The number of nitro groups is 1. The molecule has 0 aliphatic carbocycles. The average molecular weight is 324 g/mol. The van der Waals surface area contributed by atoms with Gasteiger partial charge in [-0.05, 0) is 18.2 Å². The zero-order valence-electron chi connectivity index (χ0n) is 12.3. The molecule has 0 radical (unpaired) electrons. The van der Waals surface area contributed by atoms with Gasteiger partial charge in [-0.3, -0.25) is 14.9 Å². The number of hydrogen-bond donors (Lipinski definition) is 2. The number of nitro benzene ring substituents is 1. The summed E-state index contributed by atoms with van der Waals surface area (Å²) in [7, 11) is 0. The maximum Gasteiger partial charge on any atom is 0.281 e. The third-order valence-corrected chi connectivity index (χ3v) is 3.16. The molecule has 9 heteroatoms. The summed E-state index contributed by atoms with van der Waals surface area (Å²) in [6.45, 7) is 0. The number of rotatable bonds is 4. The highest BCUT2D eigenvalue weighted by Crippen LogP contribution is 2.17. The van der Waals surface area contributed by atoms with Crippen LogP contribution in [0.15, 0.2) is 54.6 Å². The minimum atomic E-state index is -0.607. The van der Waals surface area contributed by atoms with Crippen LogP contribution in [0.5, 0.6) is 0 Å². The third-order valence-electron chi connectivity index (χ3n) is 3.16. The van der Waals surface area contributed by atoms with Crippen molar-refractivity contribution in [3.8, 4) is 0 Å². The normalized spacial score (nSPS) is 10.3. The van der Waals surface area contributed by atoms with Crippen molar-refractivity contribution in [1.29, 1.82) is 0 Å². The van der Waals surface area contributed by atoms with E-state index in [4.69, 9.17) is 5.73 Å². The van der Waals surface area contributed by atoms with Crippen molar-refractivity contribution in [2.45, 2.75) is 0 Å². The molecule has 0 spiro atoms. The third kappa shape index (κ3) is 3.04. The average Bonchev–Trinajstić information content (AvgIpc) is 2.95. The molecule has 3 N–H and O–H groups in total. The summed E-state index contributed by atoms with van der Waals surface area (Å²) in [4.78, 5) is 26.6. The summed E-state index contributed by atoms with van der Waals surface area (Å²) in [6.07, 6.45) is 0. The fourth-order valence-electron chi connectivity index (χ4n) is 2.05. The minimum Gasteiger partial charge on any atom is -0.368 e. The summed E-state index contributed by atoms with van der Waals surface area (Å²) in [5.41, 5.74) is 6.36. The molecule has 0 bridgehead atoms. The Kier molecular flexibility index (Phi) is 3.89. The van der Waals surface area contributed by atoms with E-state index in [-0.39, 0.29) is 23.1 Å². The van der Waals surface area contributed by atoms with Gasteiger partial charge in [0.15, 0.2) is 0 Å². The number of nitrogens with zero attached hydrogens (tertiary/aromatic N) is 4. The highest BCUT2D eigenvalue weighted by molar-refractivity contribution is 5.97. The van der Waals surface area contributed by atoms with Crippen LogP contribution in [0.2, 0.25) is 0 Å². The fourth-order valence-corrected chi connectivity index (χ4v) is 2.05. The number of carbonyl (C=O) groups excluding carboxylic acids is 1. The van der Waals surface area contributed by atoms with Gasteiger partial charge >= 0.3 is 0 Å². The van der Waals surface area contributed by atoms with E-state index in [1.807, 2.05) is 18.2 Å². The topological polar surface area (TPSA) is 129 Å². The lowest BCUT2D eigenvalue weighted by Gasteiger charge is -2.02. The van der Waals surface area contributed by atoms with E-state index in [2.05, 4.69) is 15.4 Å². The fraction of sp³-hybridized carbons (Fsp3) is 0. The van der Waals surface area contributed by atoms with Gasteiger partial charge in [0.1, 0.15) is 0 Å². The van der Waals surface area contributed by atoms with Crippen LogP contribution in [-0.2, 0) is 0 Å². The predicted octanol–water partition coefficient (Wildman–Crippen LogP) is 2.20. The Morgan fingerprint density at radius 3 is 2.62 bits per heavy atom. The van der Waals surface area contributed by atoms with Gasteiger partial charge in [-0.1, -0.05) is 24.3 Å². The van der Waals surface area contributed by atoms with Gasteiger partial charge in [-0.25, -0.2) is 0 Å². The molecule has 1 aromatic heterocycles. The molecule has 0 fully saturated rings. The van der Waals surface area contributed by atoms with Gasteiger partial charge in [0.25, 0.3) is 11.6 Å². The summed E-state index contributed by atoms with van der Waals surface area (Å²) >= 11 is 0. The van der Waals surface area contributed by atoms with Crippen molar-refractivity contribution in [3.05, 3.63) is 70.3 Å². The van der Waals surface area contributed by atoms with Gasteiger partial charge < -0.3 is 11.1 Å². The number of non-ortho nitro benzene ring substituents is 1. The van der Waals surface area contributed by atoms with Crippen LogP contribution >= 0.6 is 0 Å². The number of aromatic nitrogens is 3. The highest BCUT2D eigenvalue weighted by Gasteiger charge is 2.18. The van der Waals surface area contributed by atoms with Crippen LogP contribution in [-0.4, -0.2) is 25.6 Å². The Bertz CT molecular complexity index is 907. The smallest absolute Gasteiger partial charge is 0.281 e. The molecular formula is C15H12N6O3. The molecule has 0 aliphatic rings. The molecule has 0 unspecified atom stereocenters. The zero-order valence-corrected chi connectivity index (χ0v) is 12.3. The monoisotopic (exact) mass is 324 g/mol. The second-order valence-corrected chi connectivity index (χ2v) is 4.81. The Morgan fingerprint density at radius 1 is 1.17 bits per heavy atom. The van der Waals surface area contributed by atoms with E-state index in [0.29, 0.717) is 0 Å². The summed E-state index contributed by atoms with van der Waals surface area (Å²) < 4.78 is 0.893. The van der Waals surface area contributed by atoms with Gasteiger partial charge in [0, 0.05) is 23.4 Å². The molecule has 0 amide bonds. The lowest BCUT2D eigenvalue weighted by Crippen LogP contribution is -2.16. The Morgan fingerprint density at radius 2 is 1.92 bits per heavy atom. The lowest BCUT2D eigenvalue weighted by molar-refractivity contribution is -0.384. The number of anilines is 3. The van der Waals surface area contributed by atoms with E-state index in [0.717, 1.165) is 16.4 Å². The highest BCUT2D eigenvalue weighted by atomic mass is 16.6. The van der Waals surface area contributed by atoms with Crippen LogP contribution in [0, 0.1) is 10.1 Å². The van der Waals surface area contributed by atoms with Gasteiger partial charge in [-0.2, -0.15) is 9.67 Å². The molecule has 1 heterocycles. The van der Waals surface area contributed by atoms with E-state index >= 15 is 0 Å². The largest absolute Gasteiger partial charge is 0.368 e. The lowest BCUT2D eigenvalue weighted by atomic mass is 10.2. The second-order valence-electron chi connectivity index (χ2n) is 4.81. The van der Waals surface area contributed by atoms with Gasteiger partial charge in [0.05, 0.1) is 4.92 Å². The number of carbonyl (C=O) groups is 1. The Labute approximate surface area is 135 Å². The van der Waals surface area contributed by atoms with Crippen LogP contribution < -0.4 is 11.1 Å².